The van der Waals surface area contributed by atoms with Crippen LogP contribution in [0.4, 0.5) is 0 Å². The first-order valence-electron chi connectivity index (χ1n) is 3.90. The van der Waals surface area contributed by atoms with E-state index in [9.17, 15) is 10.1 Å². The molecule has 0 unspecified atom stereocenters. The van der Waals surface area contributed by atoms with Gasteiger partial charge in [-0.05, 0) is 6.26 Å². The highest BCUT2D eigenvalue weighted by Crippen LogP contribution is 2.07. The van der Waals surface area contributed by atoms with E-state index in [1.54, 1.807) is 25.1 Å². The number of thioether (sulfide) groups is 2. The van der Waals surface area contributed by atoms with E-state index < -0.39 is 4.92 Å². The van der Waals surface area contributed by atoms with Gasteiger partial charge >= 0.3 is 0 Å². The maximum atomic E-state index is 10.2. The Hall–Kier alpha value is -0.400. The first kappa shape index (κ1) is 13.6. The molecular formula is C7H14N2O3S2. The molecule has 0 spiro atoms. The first-order chi connectivity index (χ1) is 6.70. The van der Waals surface area contributed by atoms with E-state index in [1.165, 1.54) is 11.8 Å². The molecule has 7 heteroatoms. The Morgan fingerprint density at radius 1 is 1.71 bits per heavy atom. The molecular weight excluding hydrogens is 224 g/mol. The molecule has 0 aromatic heterocycles. The van der Waals surface area contributed by atoms with Crippen LogP contribution in [0.3, 0.4) is 0 Å². The molecule has 0 aliphatic rings. The molecule has 0 fully saturated rings. The van der Waals surface area contributed by atoms with Crippen molar-refractivity contribution in [1.29, 1.82) is 0 Å². The SMILES string of the molecule is COCSCCN/C(=C\[N+](=O)[O-])SC. The second-order valence-corrected chi connectivity index (χ2v) is 4.12. The minimum atomic E-state index is -0.457. The van der Waals surface area contributed by atoms with Gasteiger partial charge in [0, 0.05) is 19.4 Å². The fourth-order valence-corrected chi connectivity index (χ4v) is 1.62. The van der Waals surface area contributed by atoms with Crippen LogP contribution >= 0.6 is 23.5 Å². The molecule has 0 aliphatic carbocycles. The van der Waals surface area contributed by atoms with Crippen molar-refractivity contribution in [3.05, 3.63) is 21.3 Å². The molecule has 0 amide bonds. The van der Waals surface area contributed by atoms with Gasteiger partial charge in [-0.2, -0.15) is 0 Å². The molecule has 0 saturated carbocycles. The molecule has 0 aromatic carbocycles. The lowest BCUT2D eigenvalue weighted by Gasteiger charge is -2.05. The molecule has 0 saturated heterocycles. The highest BCUT2D eigenvalue weighted by Gasteiger charge is 1.99. The number of methoxy groups -OCH3 is 1. The molecule has 14 heavy (non-hydrogen) atoms. The van der Waals surface area contributed by atoms with Crippen LogP contribution in [0.2, 0.25) is 0 Å². The molecule has 0 heterocycles. The van der Waals surface area contributed by atoms with Crippen molar-refractivity contribution in [2.75, 3.05) is 31.6 Å². The van der Waals surface area contributed by atoms with E-state index in [1.807, 2.05) is 0 Å². The van der Waals surface area contributed by atoms with E-state index >= 15 is 0 Å². The fraction of sp³-hybridized carbons (Fsp3) is 0.714. The van der Waals surface area contributed by atoms with Crippen LogP contribution in [0.1, 0.15) is 0 Å². The van der Waals surface area contributed by atoms with Crippen LogP contribution in [0.25, 0.3) is 0 Å². The number of ether oxygens (including phenoxy) is 1. The topological polar surface area (TPSA) is 64.4 Å². The van der Waals surface area contributed by atoms with Crippen LogP contribution in [0.5, 0.6) is 0 Å². The minimum Gasteiger partial charge on any atom is -0.374 e. The van der Waals surface area contributed by atoms with Gasteiger partial charge < -0.3 is 10.1 Å². The first-order valence-corrected chi connectivity index (χ1v) is 6.28. The van der Waals surface area contributed by atoms with Gasteiger partial charge in [-0.15, -0.1) is 23.5 Å². The highest BCUT2D eigenvalue weighted by atomic mass is 32.2. The predicted molar refractivity (Wildman–Crippen MR) is 60.9 cm³/mol. The van der Waals surface area contributed by atoms with E-state index in [4.69, 9.17) is 4.74 Å². The van der Waals surface area contributed by atoms with Crippen LogP contribution in [0, 0.1) is 10.1 Å². The Balaban J connectivity index is 3.58. The lowest BCUT2D eigenvalue weighted by atomic mass is 10.7. The summed E-state index contributed by atoms with van der Waals surface area (Å²) in [6.07, 6.45) is 2.77. The largest absolute Gasteiger partial charge is 0.374 e. The monoisotopic (exact) mass is 238 g/mol. The summed E-state index contributed by atoms with van der Waals surface area (Å²) in [6.45, 7) is 0.703. The van der Waals surface area contributed by atoms with Crippen molar-refractivity contribution in [2.24, 2.45) is 0 Å². The molecule has 5 nitrogen and oxygen atoms in total. The molecule has 0 aromatic rings. The number of nitrogens with one attached hydrogen (secondary N) is 1. The summed E-state index contributed by atoms with van der Waals surface area (Å²) in [4.78, 5) is 9.70. The third-order valence-corrected chi connectivity index (χ3v) is 2.77. The maximum Gasteiger partial charge on any atom is 0.263 e. The third-order valence-electron chi connectivity index (χ3n) is 1.19. The van der Waals surface area contributed by atoms with Gasteiger partial charge in [0.05, 0.1) is 10.9 Å². The summed E-state index contributed by atoms with van der Waals surface area (Å²) in [5.74, 6) is 1.51. The molecule has 0 aliphatic heterocycles. The van der Waals surface area contributed by atoms with E-state index in [0.29, 0.717) is 17.5 Å². The predicted octanol–water partition coefficient (Wildman–Crippen LogP) is 1.35. The number of hydrogen-bond acceptors (Lipinski definition) is 6. The number of hydrogen-bond donors (Lipinski definition) is 1. The number of rotatable bonds is 8. The van der Waals surface area contributed by atoms with Gasteiger partial charge in [0.25, 0.3) is 6.20 Å². The Kier molecular flexibility index (Phi) is 8.90. The van der Waals surface area contributed by atoms with Crippen molar-refractivity contribution in [3.8, 4) is 0 Å². The Morgan fingerprint density at radius 3 is 2.93 bits per heavy atom. The van der Waals surface area contributed by atoms with Gasteiger partial charge in [-0.1, -0.05) is 0 Å². The zero-order valence-corrected chi connectivity index (χ0v) is 9.82. The smallest absolute Gasteiger partial charge is 0.263 e. The summed E-state index contributed by atoms with van der Waals surface area (Å²) >= 11 is 2.96. The molecule has 0 rings (SSSR count). The second-order valence-electron chi connectivity index (χ2n) is 2.22. The fourth-order valence-electron chi connectivity index (χ4n) is 0.655. The third kappa shape index (κ3) is 8.21. The lowest BCUT2D eigenvalue weighted by Crippen LogP contribution is -2.15. The van der Waals surface area contributed by atoms with E-state index in [2.05, 4.69) is 5.32 Å². The molecule has 0 radical (unpaired) electrons. The molecule has 0 atom stereocenters. The van der Waals surface area contributed by atoms with Crippen molar-refractivity contribution < 1.29 is 9.66 Å². The summed E-state index contributed by atoms with van der Waals surface area (Å²) in [6, 6.07) is 0. The Bertz CT molecular complexity index is 199. The van der Waals surface area contributed by atoms with Crippen molar-refractivity contribution in [3.63, 3.8) is 0 Å². The summed E-state index contributed by atoms with van der Waals surface area (Å²) in [7, 11) is 1.64. The average Bonchev–Trinajstić information content (AvgIpc) is 2.15. The summed E-state index contributed by atoms with van der Waals surface area (Å²) < 4.78 is 4.85. The van der Waals surface area contributed by atoms with Crippen molar-refractivity contribution in [1.82, 2.24) is 5.32 Å². The van der Waals surface area contributed by atoms with Crippen LogP contribution in [0.15, 0.2) is 11.2 Å². The molecule has 82 valence electrons. The van der Waals surface area contributed by atoms with E-state index in [-0.39, 0.29) is 0 Å². The average molecular weight is 238 g/mol. The standard InChI is InChI=1S/C7H14N2O3S2/c1-12-6-14-4-3-8-7(13-2)5-9(10)11/h5,8H,3-4,6H2,1-2H3/b7-5+. The van der Waals surface area contributed by atoms with Crippen molar-refractivity contribution in [2.45, 2.75) is 0 Å². The maximum absolute atomic E-state index is 10.2. The zero-order valence-electron chi connectivity index (χ0n) is 8.19. The minimum absolute atomic E-state index is 0.457. The highest BCUT2D eigenvalue weighted by molar-refractivity contribution is 8.02. The summed E-state index contributed by atoms with van der Waals surface area (Å²) in [5.41, 5.74) is 0. The quantitative estimate of drug-likeness (QED) is 0.298. The van der Waals surface area contributed by atoms with Gasteiger partial charge in [0.2, 0.25) is 0 Å². The Morgan fingerprint density at radius 2 is 2.43 bits per heavy atom. The van der Waals surface area contributed by atoms with Gasteiger partial charge in [0.1, 0.15) is 5.03 Å². The van der Waals surface area contributed by atoms with Crippen LogP contribution < -0.4 is 5.32 Å². The van der Waals surface area contributed by atoms with Crippen LogP contribution in [-0.2, 0) is 4.74 Å². The van der Waals surface area contributed by atoms with Crippen molar-refractivity contribution >= 4 is 23.5 Å². The number of nitro groups is 1. The van der Waals surface area contributed by atoms with Gasteiger partial charge in [0.15, 0.2) is 0 Å². The normalized spacial score (nSPS) is 11.4. The summed E-state index contributed by atoms with van der Waals surface area (Å²) in [5, 5.41) is 13.7. The van der Waals surface area contributed by atoms with Gasteiger partial charge in [-0.25, -0.2) is 0 Å². The lowest BCUT2D eigenvalue weighted by molar-refractivity contribution is -0.403. The zero-order chi connectivity index (χ0) is 10.8. The van der Waals surface area contributed by atoms with Crippen LogP contribution in [-0.4, -0.2) is 36.5 Å². The van der Waals surface area contributed by atoms with Gasteiger partial charge in [-0.3, -0.25) is 10.1 Å². The molecule has 0 bridgehead atoms. The van der Waals surface area contributed by atoms with E-state index in [0.717, 1.165) is 12.0 Å². The second kappa shape index (κ2) is 9.17. The Labute approximate surface area is 91.8 Å². The molecule has 1 N–H and O–H groups in total. The number of nitrogens with zero attached hydrogens (tertiary/aromatic N) is 1.